The van der Waals surface area contributed by atoms with Gasteiger partial charge in [0.15, 0.2) is 0 Å². The third-order valence-corrected chi connectivity index (χ3v) is 3.17. The van der Waals surface area contributed by atoms with E-state index >= 15 is 0 Å². The average molecular weight is 237 g/mol. The molecule has 3 nitrogen and oxygen atoms in total. The summed E-state index contributed by atoms with van der Waals surface area (Å²) >= 11 is 0. The Kier molecular flexibility index (Phi) is 5.19. The van der Waals surface area contributed by atoms with Crippen LogP contribution in [0.2, 0.25) is 0 Å². The highest BCUT2D eigenvalue weighted by atomic mass is 15.2. The minimum atomic E-state index is 0.317. The minimum absolute atomic E-state index is 0.317. The van der Waals surface area contributed by atoms with Crippen molar-refractivity contribution in [2.75, 3.05) is 6.54 Å². The van der Waals surface area contributed by atoms with Crippen molar-refractivity contribution in [3.05, 3.63) is 18.0 Å². The molecule has 3 heteroatoms. The number of nitrogens with one attached hydrogen (secondary N) is 1. The van der Waals surface area contributed by atoms with Gasteiger partial charge in [-0.15, -0.1) is 0 Å². The summed E-state index contributed by atoms with van der Waals surface area (Å²) in [7, 11) is 1.97. The summed E-state index contributed by atoms with van der Waals surface area (Å²) in [5, 5.41) is 7.87. The van der Waals surface area contributed by atoms with Gasteiger partial charge >= 0.3 is 0 Å². The summed E-state index contributed by atoms with van der Waals surface area (Å²) in [6.45, 7) is 10.2. The van der Waals surface area contributed by atoms with Crippen LogP contribution in [0.3, 0.4) is 0 Å². The summed E-state index contributed by atoms with van der Waals surface area (Å²) in [6.07, 6.45) is 7.56. The summed E-state index contributed by atoms with van der Waals surface area (Å²) in [5.74, 6) is 0. The Bertz CT molecular complexity index is 322. The molecule has 0 spiro atoms. The first-order chi connectivity index (χ1) is 7.93. The second-order valence-corrected chi connectivity index (χ2v) is 5.93. The lowest BCUT2D eigenvalue weighted by Crippen LogP contribution is -2.41. The van der Waals surface area contributed by atoms with Crippen LogP contribution in [-0.4, -0.2) is 22.4 Å². The van der Waals surface area contributed by atoms with Crippen molar-refractivity contribution in [1.82, 2.24) is 15.1 Å². The summed E-state index contributed by atoms with van der Waals surface area (Å²) in [5.41, 5.74) is 1.65. The predicted octanol–water partition coefficient (Wildman–Crippen LogP) is 2.77. The van der Waals surface area contributed by atoms with Crippen LogP contribution >= 0.6 is 0 Å². The van der Waals surface area contributed by atoms with Crippen LogP contribution in [-0.2, 0) is 13.5 Å². The monoisotopic (exact) mass is 237 g/mol. The standard InChI is InChI=1S/C14H27N3/c1-6-9-15-13(14(2,3)4)8-7-12-10-16-17(5)11-12/h10-11,13,15H,6-9H2,1-5H3. The molecule has 1 aromatic heterocycles. The van der Waals surface area contributed by atoms with Crippen molar-refractivity contribution in [2.45, 2.75) is 53.0 Å². The maximum Gasteiger partial charge on any atom is 0.0521 e. The Morgan fingerprint density at radius 1 is 1.41 bits per heavy atom. The Balaban J connectivity index is 2.49. The molecule has 0 fully saturated rings. The van der Waals surface area contributed by atoms with Crippen LogP contribution in [0.1, 0.15) is 46.1 Å². The first kappa shape index (κ1) is 14.2. The van der Waals surface area contributed by atoms with Crippen molar-refractivity contribution in [1.29, 1.82) is 0 Å². The number of aromatic nitrogens is 2. The number of aryl methyl sites for hydroxylation is 2. The molecule has 1 unspecified atom stereocenters. The normalized spacial score (nSPS) is 13.9. The van der Waals surface area contributed by atoms with Crippen LogP contribution in [0.15, 0.2) is 12.4 Å². The first-order valence-corrected chi connectivity index (χ1v) is 6.64. The Labute approximate surface area is 106 Å². The topological polar surface area (TPSA) is 29.9 Å². The first-order valence-electron chi connectivity index (χ1n) is 6.64. The zero-order valence-electron chi connectivity index (χ0n) is 12.0. The highest BCUT2D eigenvalue weighted by Crippen LogP contribution is 2.23. The quantitative estimate of drug-likeness (QED) is 0.824. The fraction of sp³-hybridized carbons (Fsp3) is 0.786. The number of hydrogen-bond acceptors (Lipinski definition) is 2. The van der Waals surface area contributed by atoms with Crippen LogP contribution in [0.5, 0.6) is 0 Å². The van der Waals surface area contributed by atoms with E-state index in [1.807, 2.05) is 17.9 Å². The van der Waals surface area contributed by atoms with E-state index in [1.54, 1.807) is 0 Å². The molecule has 1 atom stereocenters. The molecule has 0 aromatic carbocycles. The van der Waals surface area contributed by atoms with Crippen LogP contribution in [0, 0.1) is 5.41 Å². The van der Waals surface area contributed by atoms with Gasteiger partial charge in [-0.1, -0.05) is 27.7 Å². The zero-order valence-corrected chi connectivity index (χ0v) is 12.0. The van der Waals surface area contributed by atoms with Crippen LogP contribution in [0.4, 0.5) is 0 Å². The summed E-state index contributed by atoms with van der Waals surface area (Å²) < 4.78 is 1.88. The van der Waals surface area contributed by atoms with Crippen LogP contribution < -0.4 is 5.32 Å². The maximum absolute atomic E-state index is 4.22. The Morgan fingerprint density at radius 2 is 2.12 bits per heavy atom. The molecule has 0 radical (unpaired) electrons. The van der Waals surface area contributed by atoms with Gasteiger partial charge in [0.25, 0.3) is 0 Å². The highest BCUT2D eigenvalue weighted by molar-refractivity contribution is 5.04. The van der Waals surface area contributed by atoms with Crippen molar-refractivity contribution < 1.29 is 0 Å². The SMILES string of the molecule is CCCNC(CCc1cnn(C)c1)C(C)(C)C. The molecular formula is C14H27N3. The molecule has 0 saturated heterocycles. The molecule has 1 heterocycles. The van der Waals surface area contributed by atoms with Gasteiger partial charge in [0.05, 0.1) is 6.20 Å². The lowest BCUT2D eigenvalue weighted by molar-refractivity contribution is 0.255. The molecule has 0 amide bonds. The lowest BCUT2D eigenvalue weighted by atomic mass is 9.83. The molecule has 17 heavy (non-hydrogen) atoms. The van der Waals surface area contributed by atoms with Gasteiger partial charge in [-0.25, -0.2) is 0 Å². The molecule has 0 aliphatic rings. The van der Waals surface area contributed by atoms with Gasteiger partial charge in [-0.3, -0.25) is 4.68 Å². The molecule has 1 rings (SSSR count). The van der Waals surface area contributed by atoms with Gasteiger partial charge in [0.1, 0.15) is 0 Å². The molecular weight excluding hydrogens is 210 g/mol. The third-order valence-electron chi connectivity index (χ3n) is 3.17. The predicted molar refractivity (Wildman–Crippen MR) is 73.1 cm³/mol. The highest BCUT2D eigenvalue weighted by Gasteiger charge is 2.23. The van der Waals surface area contributed by atoms with Crippen molar-refractivity contribution >= 4 is 0 Å². The Hall–Kier alpha value is -0.830. The largest absolute Gasteiger partial charge is 0.313 e. The molecule has 1 aromatic rings. The minimum Gasteiger partial charge on any atom is -0.313 e. The van der Waals surface area contributed by atoms with Crippen molar-refractivity contribution in [3.63, 3.8) is 0 Å². The lowest BCUT2D eigenvalue weighted by Gasteiger charge is -2.31. The van der Waals surface area contributed by atoms with E-state index in [9.17, 15) is 0 Å². The number of nitrogens with zero attached hydrogens (tertiary/aromatic N) is 2. The second kappa shape index (κ2) is 6.20. The zero-order chi connectivity index (χ0) is 12.9. The maximum atomic E-state index is 4.22. The average Bonchev–Trinajstić information content (AvgIpc) is 2.62. The molecule has 0 aliphatic carbocycles. The van der Waals surface area contributed by atoms with Gasteiger partial charge in [-0.05, 0) is 36.8 Å². The molecule has 0 aliphatic heterocycles. The van der Waals surface area contributed by atoms with Gasteiger partial charge in [-0.2, -0.15) is 5.10 Å². The van der Waals surface area contributed by atoms with E-state index in [4.69, 9.17) is 0 Å². The van der Waals surface area contributed by atoms with Crippen LogP contribution in [0.25, 0.3) is 0 Å². The fourth-order valence-corrected chi connectivity index (χ4v) is 2.07. The number of hydrogen-bond donors (Lipinski definition) is 1. The van der Waals surface area contributed by atoms with Crippen molar-refractivity contribution in [3.8, 4) is 0 Å². The second-order valence-electron chi connectivity index (χ2n) is 5.93. The third kappa shape index (κ3) is 4.90. The van der Waals surface area contributed by atoms with E-state index in [0.29, 0.717) is 11.5 Å². The molecule has 1 N–H and O–H groups in total. The fourth-order valence-electron chi connectivity index (χ4n) is 2.07. The van der Waals surface area contributed by atoms with E-state index in [-0.39, 0.29) is 0 Å². The number of rotatable bonds is 6. The van der Waals surface area contributed by atoms with Gasteiger partial charge < -0.3 is 5.32 Å². The van der Waals surface area contributed by atoms with E-state index in [0.717, 1.165) is 13.0 Å². The van der Waals surface area contributed by atoms with E-state index in [1.165, 1.54) is 18.4 Å². The van der Waals surface area contributed by atoms with Gasteiger partial charge in [0.2, 0.25) is 0 Å². The Morgan fingerprint density at radius 3 is 2.59 bits per heavy atom. The van der Waals surface area contributed by atoms with Gasteiger partial charge in [0, 0.05) is 19.3 Å². The van der Waals surface area contributed by atoms with Crippen molar-refractivity contribution in [2.24, 2.45) is 12.5 Å². The summed E-state index contributed by atoms with van der Waals surface area (Å²) in [4.78, 5) is 0. The van der Waals surface area contributed by atoms with E-state index < -0.39 is 0 Å². The smallest absolute Gasteiger partial charge is 0.0521 e. The molecule has 98 valence electrons. The molecule has 0 saturated carbocycles. The van der Waals surface area contributed by atoms with E-state index in [2.05, 4.69) is 44.3 Å². The summed E-state index contributed by atoms with van der Waals surface area (Å²) in [6, 6.07) is 0.572. The molecule has 0 bridgehead atoms.